The predicted octanol–water partition coefficient (Wildman–Crippen LogP) is 2.22. The molecule has 0 unspecified atom stereocenters. The number of halogens is 2. The fourth-order valence-corrected chi connectivity index (χ4v) is 1.78. The zero-order valence-electron chi connectivity index (χ0n) is 6.98. The summed E-state index contributed by atoms with van der Waals surface area (Å²) in [6.45, 7) is 0. The van der Waals surface area contributed by atoms with Crippen LogP contribution >= 0.6 is 38.5 Å². The van der Waals surface area contributed by atoms with Crippen molar-refractivity contribution in [3.05, 3.63) is 32.4 Å². The summed E-state index contributed by atoms with van der Waals surface area (Å²) in [7, 11) is 0. The van der Waals surface area contributed by atoms with Gasteiger partial charge in [-0.25, -0.2) is 4.68 Å². The van der Waals surface area contributed by atoms with Crippen LogP contribution in [0.5, 0.6) is 0 Å². The maximum Gasteiger partial charge on any atom is 0.166 e. The second kappa shape index (κ2) is 3.85. The van der Waals surface area contributed by atoms with Crippen LogP contribution in [-0.4, -0.2) is 15.0 Å². The van der Waals surface area contributed by atoms with E-state index in [2.05, 4.69) is 48.8 Å². The Bertz CT molecular complexity index is 468. The minimum atomic E-state index is 0.419. The third kappa shape index (κ3) is 1.90. The maximum absolute atomic E-state index is 5.48. The molecule has 14 heavy (non-hydrogen) atoms. The van der Waals surface area contributed by atoms with Gasteiger partial charge >= 0.3 is 0 Å². The van der Waals surface area contributed by atoms with Crippen molar-refractivity contribution in [3.8, 4) is 5.69 Å². The molecule has 6 heteroatoms. The molecular weight excluding hydrogens is 359 g/mol. The van der Waals surface area contributed by atoms with Crippen molar-refractivity contribution in [3.63, 3.8) is 0 Å². The number of nitrogens with zero attached hydrogens (tertiary/aromatic N) is 3. The van der Waals surface area contributed by atoms with Gasteiger partial charge in [-0.1, -0.05) is 5.21 Å². The minimum absolute atomic E-state index is 0.419. The fourth-order valence-electron chi connectivity index (χ4n) is 1.03. The topological polar surface area (TPSA) is 56.7 Å². The molecule has 1 aromatic heterocycles. The van der Waals surface area contributed by atoms with Crippen molar-refractivity contribution in [2.45, 2.75) is 0 Å². The van der Waals surface area contributed by atoms with Crippen LogP contribution < -0.4 is 5.73 Å². The molecule has 1 aromatic carbocycles. The Labute approximate surface area is 103 Å². The second-order valence-electron chi connectivity index (χ2n) is 2.69. The van der Waals surface area contributed by atoms with E-state index in [0.29, 0.717) is 5.82 Å². The molecule has 0 bridgehead atoms. The number of benzene rings is 1. The summed E-state index contributed by atoms with van der Waals surface area (Å²) in [6, 6.07) is 5.91. The molecule has 0 saturated carbocycles. The Morgan fingerprint density at radius 2 is 2.21 bits per heavy atom. The normalized spacial score (nSPS) is 10.4. The largest absolute Gasteiger partial charge is 0.381 e. The van der Waals surface area contributed by atoms with Crippen molar-refractivity contribution in [2.24, 2.45) is 0 Å². The number of hydrogen-bond acceptors (Lipinski definition) is 3. The smallest absolute Gasteiger partial charge is 0.166 e. The lowest BCUT2D eigenvalue weighted by atomic mass is 10.3. The van der Waals surface area contributed by atoms with Crippen LogP contribution in [0.3, 0.4) is 0 Å². The average molecular weight is 365 g/mol. The molecule has 2 aromatic rings. The van der Waals surface area contributed by atoms with Crippen LogP contribution in [0.15, 0.2) is 28.9 Å². The van der Waals surface area contributed by atoms with Crippen molar-refractivity contribution >= 4 is 44.3 Å². The molecule has 1 heterocycles. The lowest BCUT2D eigenvalue weighted by Gasteiger charge is -2.01. The summed E-state index contributed by atoms with van der Waals surface area (Å²) in [6.07, 6.45) is 1.68. The third-order valence-corrected chi connectivity index (χ3v) is 4.00. The van der Waals surface area contributed by atoms with E-state index < -0.39 is 0 Å². The van der Waals surface area contributed by atoms with Crippen molar-refractivity contribution in [1.29, 1.82) is 0 Å². The van der Waals surface area contributed by atoms with Crippen molar-refractivity contribution < 1.29 is 0 Å². The van der Waals surface area contributed by atoms with E-state index >= 15 is 0 Å². The molecule has 72 valence electrons. The van der Waals surface area contributed by atoms with E-state index in [0.717, 1.165) is 13.7 Å². The van der Waals surface area contributed by atoms with Crippen LogP contribution in [0, 0.1) is 3.57 Å². The molecular formula is C8H6BrIN4. The Kier molecular flexibility index (Phi) is 2.73. The number of rotatable bonds is 1. The summed E-state index contributed by atoms with van der Waals surface area (Å²) in [4.78, 5) is 0. The number of hydrogen-bond donors (Lipinski definition) is 1. The monoisotopic (exact) mass is 364 g/mol. The Morgan fingerprint density at radius 1 is 1.43 bits per heavy atom. The van der Waals surface area contributed by atoms with Gasteiger partial charge in [-0.15, -0.1) is 5.10 Å². The first-order valence-corrected chi connectivity index (χ1v) is 5.67. The van der Waals surface area contributed by atoms with Gasteiger partial charge in [-0.2, -0.15) is 0 Å². The number of nitrogens with two attached hydrogens (primary N) is 1. The van der Waals surface area contributed by atoms with Crippen LogP contribution in [0.1, 0.15) is 0 Å². The van der Waals surface area contributed by atoms with E-state index in [9.17, 15) is 0 Å². The number of nitrogen functional groups attached to an aromatic ring is 1. The molecule has 0 saturated heterocycles. The molecule has 0 spiro atoms. The molecule has 0 fully saturated rings. The lowest BCUT2D eigenvalue weighted by Crippen LogP contribution is -1.95. The highest BCUT2D eigenvalue weighted by molar-refractivity contribution is 14.1. The molecule has 0 amide bonds. The zero-order chi connectivity index (χ0) is 10.1. The summed E-state index contributed by atoms with van der Waals surface area (Å²) in [5.41, 5.74) is 6.42. The standard InChI is InChI=1S/C8H6BrIN4/c9-6-2-1-5(3-7(6)10)14-4-8(11)12-13-14/h1-4H,11H2. The van der Waals surface area contributed by atoms with E-state index in [1.807, 2.05) is 18.2 Å². The molecule has 0 aliphatic heterocycles. The summed E-state index contributed by atoms with van der Waals surface area (Å²) < 4.78 is 3.83. The van der Waals surface area contributed by atoms with E-state index in [1.54, 1.807) is 10.9 Å². The van der Waals surface area contributed by atoms with Crippen molar-refractivity contribution in [1.82, 2.24) is 15.0 Å². The molecule has 4 nitrogen and oxygen atoms in total. The van der Waals surface area contributed by atoms with Gasteiger partial charge in [0.1, 0.15) is 0 Å². The molecule has 2 N–H and O–H groups in total. The number of anilines is 1. The average Bonchev–Trinajstić information content (AvgIpc) is 2.57. The van der Waals surface area contributed by atoms with Gasteiger partial charge in [-0.3, -0.25) is 0 Å². The second-order valence-corrected chi connectivity index (χ2v) is 4.70. The van der Waals surface area contributed by atoms with E-state index in [-0.39, 0.29) is 0 Å². The molecule has 0 radical (unpaired) electrons. The minimum Gasteiger partial charge on any atom is -0.381 e. The van der Waals surface area contributed by atoms with Gasteiger partial charge in [0.25, 0.3) is 0 Å². The highest BCUT2D eigenvalue weighted by Crippen LogP contribution is 2.21. The first kappa shape index (κ1) is 9.91. The first-order valence-electron chi connectivity index (χ1n) is 3.80. The summed E-state index contributed by atoms with van der Waals surface area (Å²) in [5.74, 6) is 0.419. The van der Waals surface area contributed by atoms with E-state index in [1.165, 1.54) is 0 Å². The molecule has 0 aliphatic rings. The van der Waals surface area contributed by atoms with Gasteiger partial charge in [0.15, 0.2) is 5.82 Å². The van der Waals surface area contributed by atoms with Crippen LogP contribution in [-0.2, 0) is 0 Å². The van der Waals surface area contributed by atoms with Crippen LogP contribution in [0.2, 0.25) is 0 Å². The molecule has 0 aliphatic carbocycles. The van der Waals surface area contributed by atoms with Gasteiger partial charge in [0.2, 0.25) is 0 Å². The Balaban J connectivity index is 2.47. The maximum atomic E-state index is 5.48. The highest BCUT2D eigenvalue weighted by atomic mass is 127. The lowest BCUT2D eigenvalue weighted by molar-refractivity contribution is 0.803. The first-order chi connectivity index (χ1) is 6.66. The zero-order valence-corrected chi connectivity index (χ0v) is 10.7. The Hall–Kier alpha value is -0.630. The predicted molar refractivity (Wildman–Crippen MR) is 66.2 cm³/mol. The highest BCUT2D eigenvalue weighted by Gasteiger charge is 2.02. The summed E-state index contributed by atoms with van der Waals surface area (Å²) in [5, 5.41) is 7.60. The van der Waals surface area contributed by atoms with Crippen LogP contribution in [0.4, 0.5) is 5.82 Å². The van der Waals surface area contributed by atoms with Crippen LogP contribution in [0.25, 0.3) is 5.69 Å². The number of aromatic nitrogens is 3. The third-order valence-electron chi connectivity index (χ3n) is 1.68. The fraction of sp³-hybridized carbons (Fsp3) is 0. The Morgan fingerprint density at radius 3 is 2.79 bits per heavy atom. The van der Waals surface area contributed by atoms with Gasteiger partial charge in [0.05, 0.1) is 11.9 Å². The van der Waals surface area contributed by atoms with Crippen molar-refractivity contribution in [2.75, 3.05) is 5.73 Å². The van der Waals surface area contributed by atoms with E-state index in [4.69, 9.17) is 5.73 Å². The van der Waals surface area contributed by atoms with Gasteiger partial charge in [-0.05, 0) is 56.7 Å². The SMILES string of the molecule is Nc1cn(-c2ccc(Br)c(I)c2)nn1. The quantitative estimate of drug-likeness (QED) is 0.789. The molecule has 0 atom stereocenters. The van der Waals surface area contributed by atoms with Gasteiger partial charge < -0.3 is 5.73 Å². The molecule has 2 rings (SSSR count). The summed E-state index contributed by atoms with van der Waals surface area (Å²) >= 11 is 5.67. The van der Waals surface area contributed by atoms with Gasteiger partial charge in [0, 0.05) is 8.04 Å².